The fourth-order valence-corrected chi connectivity index (χ4v) is 3.39. The lowest BCUT2D eigenvalue weighted by atomic mass is 10.2. The third-order valence-corrected chi connectivity index (χ3v) is 4.37. The molecule has 0 amide bonds. The van der Waals surface area contributed by atoms with Gasteiger partial charge in [-0.25, -0.2) is 13.1 Å². The zero-order chi connectivity index (χ0) is 13.6. The van der Waals surface area contributed by atoms with Gasteiger partial charge < -0.3 is 0 Å². The molecule has 0 bridgehead atoms. The molecule has 1 fully saturated rings. The zero-order valence-electron chi connectivity index (χ0n) is 8.96. The minimum absolute atomic E-state index is 0.0773. The van der Waals surface area contributed by atoms with Crippen molar-refractivity contribution in [2.45, 2.75) is 30.0 Å². The SMILES string of the molecule is O=S(=O)(NC1CC1)c1cc(Br)cc(C(F)(F)F)c1. The van der Waals surface area contributed by atoms with Gasteiger partial charge in [-0.1, -0.05) is 15.9 Å². The molecular weight excluding hydrogens is 335 g/mol. The Labute approximate surface area is 111 Å². The van der Waals surface area contributed by atoms with Crippen LogP contribution in [0.2, 0.25) is 0 Å². The second kappa shape index (κ2) is 4.50. The van der Waals surface area contributed by atoms with Gasteiger partial charge in [0.1, 0.15) is 0 Å². The normalized spacial score (nSPS) is 16.9. The summed E-state index contributed by atoms with van der Waals surface area (Å²) in [7, 11) is -3.88. The highest BCUT2D eigenvalue weighted by molar-refractivity contribution is 9.10. The molecule has 1 aliphatic rings. The Morgan fingerprint density at radius 1 is 1.22 bits per heavy atom. The van der Waals surface area contributed by atoms with Crippen LogP contribution in [-0.2, 0) is 16.2 Å². The molecule has 2 rings (SSSR count). The number of hydrogen-bond donors (Lipinski definition) is 1. The van der Waals surface area contributed by atoms with E-state index in [0.717, 1.165) is 25.0 Å². The molecule has 0 radical (unpaired) electrons. The molecule has 0 heterocycles. The smallest absolute Gasteiger partial charge is 0.208 e. The van der Waals surface area contributed by atoms with Crippen LogP contribution in [0.4, 0.5) is 13.2 Å². The van der Waals surface area contributed by atoms with E-state index >= 15 is 0 Å². The lowest BCUT2D eigenvalue weighted by Crippen LogP contribution is -2.26. The highest BCUT2D eigenvalue weighted by atomic mass is 79.9. The third kappa shape index (κ3) is 3.24. The van der Waals surface area contributed by atoms with Crippen LogP contribution in [0.25, 0.3) is 0 Å². The molecule has 1 aromatic rings. The van der Waals surface area contributed by atoms with E-state index < -0.39 is 21.8 Å². The summed E-state index contributed by atoms with van der Waals surface area (Å²) >= 11 is 2.89. The van der Waals surface area contributed by atoms with Crippen molar-refractivity contribution in [3.63, 3.8) is 0 Å². The van der Waals surface area contributed by atoms with Crippen LogP contribution >= 0.6 is 15.9 Å². The Hall–Kier alpha value is -0.600. The maximum atomic E-state index is 12.6. The summed E-state index contributed by atoms with van der Waals surface area (Å²) in [5.41, 5.74) is -0.993. The van der Waals surface area contributed by atoms with Gasteiger partial charge >= 0.3 is 6.18 Å². The topological polar surface area (TPSA) is 46.2 Å². The molecule has 0 spiro atoms. The van der Waals surface area contributed by atoms with Gasteiger partial charge in [0.05, 0.1) is 10.5 Å². The Bertz CT molecular complexity index is 567. The molecule has 1 aromatic carbocycles. The van der Waals surface area contributed by atoms with Crippen molar-refractivity contribution < 1.29 is 21.6 Å². The van der Waals surface area contributed by atoms with E-state index in [9.17, 15) is 21.6 Å². The first kappa shape index (κ1) is 13.8. The maximum Gasteiger partial charge on any atom is 0.416 e. The summed E-state index contributed by atoms with van der Waals surface area (Å²) in [6.07, 6.45) is -3.13. The van der Waals surface area contributed by atoms with Gasteiger partial charge in [0.15, 0.2) is 0 Å². The van der Waals surface area contributed by atoms with Gasteiger partial charge in [0.2, 0.25) is 10.0 Å². The lowest BCUT2D eigenvalue weighted by Gasteiger charge is -2.11. The number of benzene rings is 1. The maximum absolute atomic E-state index is 12.6. The molecule has 100 valence electrons. The number of rotatable bonds is 3. The summed E-state index contributed by atoms with van der Waals surface area (Å²) in [5, 5.41) is 0. The van der Waals surface area contributed by atoms with Gasteiger partial charge in [0, 0.05) is 10.5 Å². The average Bonchev–Trinajstić information content (AvgIpc) is 2.98. The fourth-order valence-electron chi connectivity index (χ4n) is 1.37. The number of halogens is 4. The second-order valence-corrected chi connectivity index (χ2v) is 6.70. The van der Waals surface area contributed by atoms with E-state index in [-0.39, 0.29) is 15.4 Å². The van der Waals surface area contributed by atoms with Crippen LogP contribution in [0.5, 0.6) is 0 Å². The predicted octanol–water partition coefficient (Wildman–Crippen LogP) is 2.91. The van der Waals surface area contributed by atoms with E-state index in [1.807, 2.05) is 0 Å². The average molecular weight is 344 g/mol. The molecule has 0 saturated heterocycles. The quantitative estimate of drug-likeness (QED) is 0.917. The Kier molecular flexibility index (Phi) is 3.46. The van der Waals surface area contributed by atoms with E-state index in [1.54, 1.807) is 0 Å². The van der Waals surface area contributed by atoms with Crippen LogP contribution in [-0.4, -0.2) is 14.5 Å². The standard InChI is InChI=1S/C10H9BrF3NO2S/c11-7-3-6(10(12,13)14)4-9(5-7)18(16,17)15-8-1-2-8/h3-5,8,15H,1-2H2. The predicted molar refractivity (Wildman–Crippen MR) is 62.5 cm³/mol. The van der Waals surface area contributed by atoms with E-state index in [0.29, 0.717) is 6.07 Å². The van der Waals surface area contributed by atoms with Crippen molar-refractivity contribution in [1.82, 2.24) is 4.72 Å². The second-order valence-electron chi connectivity index (χ2n) is 4.07. The van der Waals surface area contributed by atoms with E-state index in [4.69, 9.17) is 0 Å². The van der Waals surface area contributed by atoms with Gasteiger partial charge in [-0.3, -0.25) is 0 Å². The first-order chi connectivity index (χ1) is 8.18. The van der Waals surface area contributed by atoms with Crippen molar-refractivity contribution in [2.24, 2.45) is 0 Å². The Morgan fingerprint density at radius 3 is 2.33 bits per heavy atom. The number of sulfonamides is 1. The molecule has 0 unspecified atom stereocenters. The summed E-state index contributed by atoms with van der Waals surface area (Å²) < 4.78 is 63.8. The zero-order valence-corrected chi connectivity index (χ0v) is 11.4. The molecule has 8 heteroatoms. The van der Waals surface area contributed by atoms with Crippen molar-refractivity contribution >= 4 is 26.0 Å². The lowest BCUT2D eigenvalue weighted by molar-refractivity contribution is -0.137. The summed E-state index contributed by atoms with van der Waals surface area (Å²) in [5.74, 6) is 0. The van der Waals surface area contributed by atoms with Crippen molar-refractivity contribution in [3.05, 3.63) is 28.2 Å². The highest BCUT2D eigenvalue weighted by Gasteiger charge is 2.33. The van der Waals surface area contributed by atoms with Gasteiger partial charge in [0.25, 0.3) is 0 Å². The van der Waals surface area contributed by atoms with Crippen molar-refractivity contribution in [2.75, 3.05) is 0 Å². The molecule has 0 atom stereocenters. The Balaban J connectivity index is 2.41. The minimum Gasteiger partial charge on any atom is -0.208 e. The number of alkyl halides is 3. The van der Waals surface area contributed by atoms with Gasteiger partial charge in [-0.05, 0) is 31.0 Å². The molecule has 1 N–H and O–H groups in total. The minimum atomic E-state index is -4.58. The third-order valence-electron chi connectivity index (χ3n) is 2.41. The summed E-state index contributed by atoms with van der Waals surface area (Å²) in [6.45, 7) is 0. The van der Waals surface area contributed by atoms with Crippen LogP contribution in [0.3, 0.4) is 0 Å². The molecular formula is C10H9BrF3NO2S. The largest absolute Gasteiger partial charge is 0.416 e. The van der Waals surface area contributed by atoms with Crippen LogP contribution < -0.4 is 4.72 Å². The van der Waals surface area contributed by atoms with Crippen LogP contribution in [0, 0.1) is 0 Å². The van der Waals surface area contributed by atoms with E-state index in [2.05, 4.69) is 20.7 Å². The molecule has 1 aliphatic carbocycles. The highest BCUT2D eigenvalue weighted by Crippen LogP contribution is 2.33. The van der Waals surface area contributed by atoms with Crippen LogP contribution in [0.15, 0.2) is 27.6 Å². The molecule has 1 saturated carbocycles. The van der Waals surface area contributed by atoms with Crippen molar-refractivity contribution in [3.8, 4) is 0 Å². The van der Waals surface area contributed by atoms with Gasteiger partial charge in [-0.15, -0.1) is 0 Å². The monoisotopic (exact) mass is 343 g/mol. The summed E-state index contributed by atoms with van der Waals surface area (Å²) in [6, 6.07) is 2.48. The molecule has 0 aliphatic heterocycles. The van der Waals surface area contributed by atoms with E-state index in [1.165, 1.54) is 0 Å². The first-order valence-corrected chi connectivity index (χ1v) is 7.36. The number of nitrogens with one attached hydrogen (secondary N) is 1. The summed E-state index contributed by atoms with van der Waals surface area (Å²) in [4.78, 5) is -0.379. The molecule has 0 aromatic heterocycles. The first-order valence-electron chi connectivity index (χ1n) is 5.08. The van der Waals surface area contributed by atoms with Crippen LogP contribution in [0.1, 0.15) is 18.4 Å². The van der Waals surface area contributed by atoms with Crippen molar-refractivity contribution in [1.29, 1.82) is 0 Å². The number of hydrogen-bond acceptors (Lipinski definition) is 2. The molecule has 3 nitrogen and oxygen atoms in total. The fraction of sp³-hybridized carbons (Fsp3) is 0.400. The Morgan fingerprint density at radius 2 is 1.83 bits per heavy atom. The molecule has 18 heavy (non-hydrogen) atoms. The van der Waals surface area contributed by atoms with Gasteiger partial charge in [-0.2, -0.15) is 13.2 Å².